The molecule has 0 aliphatic carbocycles. The van der Waals surface area contributed by atoms with Crippen LogP contribution in [-0.2, 0) is 0 Å². The Bertz CT molecular complexity index is 966. The second-order valence-corrected chi connectivity index (χ2v) is 7.14. The van der Waals surface area contributed by atoms with E-state index in [9.17, 15) is 4.79 Å². The Labute approximate surface area is 159 Å². The lowest BCUT2D eigenvalue weighted by Crippen LogP contribution is -2.42. The highest BCUT2D eigenvalue weighted by Crippen LogP contribution is 2.28. The van der Waals surface area contributed by atoms with E-state index in [0.29, 0.717) is 0 Å². The quantitative estimate of drug-likeness (QED) is 0.665. The highest BCUT2D eigenvalue weighted by molar-refractivity contribution is 6.07. The van der Waals surface area contributed by atoms with Crippen LogP contribution in [-0.4, -0.2) is 35.5 Å². The van der Waals surface area contributed by atoms with E-state index in [1.165, 1.54) is 6.42 Å². The van der Waals surface area contributed by atoms with Crippen LogP contribution in [0.1, 0.15) is 36.5 Å². The summed E-state index contributed by atoms with van der Waals surface area (Å²) in [7, 11) is 1.65. The van der Waals surface area contributed by atoms with Gasteiger partial charge in [0.2, 0.25) is 0 Å². The summed E-state index contributed by atoms with van der Waals surface area (Å²) >= 11 is 0. The second kappa shape index (κ2) is 7.39. The Morgan fingerprint density at radius 1 is 1.11 bits per heavy atom. The highest BCUT2D eigenvalue weighted by atomic mass is 16.5. The summed E-state index contributed by atoms with van der Waals surface area (Å²) in [5, 5.41) is 0.914. The highest BCUT2D eigenvalue weighted by Gasteiger charge is 2.26. The summed E-state index contributed by atoms with van der Waals surface area (Å²) in [6.45, 7) is 2.97. The lowest BCUT2D eigenvalue weighted by molar-refractivity contribution is 0.0637. The summed E-state index contributed by atoms with van der Waals surface area (Å²) in [4.78, 5) is 20.2. The monoisotopic (exact) mass is 360 g/mol. The molecular formula is C23H24N2O2. The number of para-hydroxylation sites is 1. The van der Waals surface area contributed by atoms with Crippen LogP contribution in [0, 0.1) is 0 Å². The van der Waals surface area contributed by atoms with E-state index < -0.39 is 0 Å². The van der Waals surface area contributed by atoms with Crippen molar-refractivity contribution in [2.45, 2.75) is 32.2 Å². The zero-order valence-electron chi connectivity index (χ0n) is 15.8. The minimum absolute atomic E-state index is 0.107. The molecule has 4 heteroatoms. The molecule has 0 saturated carbocycles. The van der Waals surface area contributed by atoms with E-state index in [-0.39, 0.29) is 11.9 Å². The number of carbonyl (C=O) groups is 1. The number of aromatic nitrogens is 1. The molecule has 1 atom stereocenters. The van der Waals surface area contributed by atoms with Crippen LogP contribution < -0.4 is 4.74 Å². The third kappa shape index (κ3) is 3.39. The van der Waals surface area contributed by atoms with Crippen molar-refractivity contribution < 1.29 is 9.53 Å². The number of nitrogens with zero attached hydrogens (tertiary/aromatic N) is 2. The van der Waals surface area contributed by atoms with Crippen molar-refractivity contribution in [1.82, 2.24) is 9.88 Å². The number of hydrogen-bond acceptors (Lipinski definition) is 3. The molecule has 1 fully saturated rings. The molecule has 0 spiro atoms. The van der Waals surface area contributed by atoms with Crippen molar-refractivity contribution in [2.24, 2.45) is 0 Å². The fourth-order valence-electron chi connectivity index (χ4n) is 3.82. The summed E-state index contributed by atoms with van der Waals surface area (Å²) < 4.78 is 5.25. The lowest BCUT2D eigenvalue weighted by atomic mass is 9.99. The third-order valence-electron chi connectivity index (χ3n) is 5.40. The van der Waals surface area contributed by atoms with Crippen molar-refractivity contribution in [1.29, 1.82) is 0 Å². The minimum atomic E-state index is 0.107. The molecule has 4 nitrogen and oxygen atoms in total. The van der Waals surface area contributed by atoms with Gasteiger partial charge in [-0.05, 0) is 62.6 Å². The number of rotatable bonds is 3. The molecule has 1 aromatic heterocycles. The van der Waals surface area contributed by atoms with Crippen LogP contribution in [0.4, 0.5) is 0 Å². The molecule has 0 unspecified atom stereocenters. The molecule has 1 saturated heterocycles. The van der Waals surface area contributed by atoms with Crippen molar-refractivity contribution in [3.05, 3.63) is 60.2 Å². The van der Waals surface area contributed by atoms with Gasteiger partial charge in [0.25, 0.3) is 5.91 Å². The third-order valence-corrected chi connectivity index (χ3v) is 5.40. The van der Waals surface area contributed by atoms with E-state index in [2.05, 4.69) is 6.92 Å². The van der Waals surface area contributed by atoms with E-state index in [4.69, 9.17) is 9.72 Å². The lowest BCUT2D eigenvalue weighted by Gasteiger charge is -2.33. The summed E-state index contributed by atoms with van der Waals surface area (Å²) in [6, 6.07) is 17.9. The van der Waals surface area contributed by atoms with Crippen LogP contribution in [0.2, 0.25) is 0 Å². The van der Waals surface area contributed by atoms with Gasteiger partial charge in [-0.2, -0.15) is 0 Å². The van der Waals surface area contributed by atoms with Gasteiger partial charge < -0.3 is 9.64 Å². The molecule has 4 rings (SSSR count). The number of methoxy groups -OCH3 is 1. The fourth-order valence-corrected chi connectivity index (χ4v) is 3.82. The Morgan fingerprint density at radius 3 is 2.63 bits per heavy atom. The maximum absolute atomic E-state index is 13.4. The van der Waals surface area contributed by atoms with Crippen molar-refractivity contribution in [3.8, 4) is 17.0 Å². The minimum Gasteiger partial charge on any atom is -0.497 e. The van der Waals surface area contributed by atoms with Crippen LogP contribution in [0.5, 0.6) is 5.75 Å². The van der Waals surface area contributed by atoms with Gasteiger partial charge in [-0.1, -0.05) is 18.2 Å². The van der Waals surface area contributed by atoms with Gasteiger partial charge in [-0.25, -0.2) is 4.98 Å². The van der Waals surface area contributed by atoms with Gasteiger partial charge in [0.05, 0.1) is 23.9 Å². The number of likely N-dealkylation sites (tertiary alicyclic amines) is 1. The van der Waals surface area contributed by atoms with Crippen molar-refractivity contribution in [2.75, 3.05) is 13.7 Å². The number of carbonyl (C=O) groups excluding carboxylic acids is 1. The van der Waals surface area contributed by atoms with Gasteiger partial charge in [-0.3, -0.25) is 4.79 Å². The normalized spacial score (nSPS) is 17.1. The molecule has 1 aliphatic heterocycles. The first kappa shape index (κ1) is 17.5. The number of ether oxygens (including phenoxy) is 1. The summed E-state index contributed by atoms with van der Waals surface area (Å²) in [5.74, 6) is 0.911. The van der Waals surface area contributed by atoms with Crippen LogP contribution in [0.15, 0.2) is 54.6 Å². The Morgan fingerprint density at radius 2 is 1.89 bits per heavy atom. The molecule has 2 aromatic carbocycles. The molecule has 138 valence electrons. The molecule has 0 radical (unpaired) electrons. The van der Waals surface area contributed by atoms with E-state index in [1.54, 1.807) is 7.11 Å². The average molecular weight is 360 g/mol. The van der Waals surface area contributed by atoms with E-state index in [0.717, 1.165) is 52.9 Å². The largest absolute Gasteiger partial charge is 0.497 e. The van der Waals surface area contributed by atoms with Crippen molar-refractivity contribution in [3.63, 3.8) is 0 Å². The predicted molar refractivity (Wildman–Crippen MR) is 108 cm³/mol. The van der Waals surface area contributed by atoms with Gasteiger partial charge in [0, 0.05) is 23.5 Å². The van der Waals surface area contributed by atoms with Crippen molar-refractivity contribution >= 4 is 16.8 Å². The van der Waals surface area contributed by atoms with Crippen LogP contribution in [0.3, 0.4) is 0 Å². The first-order valence-corrected chi connectivity index (χ1v) is 9.52. The Hall–Kier alpha value is -2.88. The topological polar surface area (TPSA) is 42.4 Å². The molecule has 0 bridgehead atoms. The number of pyridine rings is 1. The van der Waals surface area contributed by atoms with Crippen LogP contribution in [0.25, 0.3) is 22.2 Å². The molecule has 1 aliphatic rings. The number of piperidine rings is 1. The fraction of sp³-hybridized carbons (Fsp3) is 0.304. The maximum Gasteiger partial charge on any atom is 0.254 e. The van der Waals surface area contributed by atoms with Gasteiger partial charge in [0.1, 0.15) is 5.75 Å². The van der Waals surface area contributed by atoms with E-state index in [1.807, 2.05) is 59.5 Å². The number of benzene rings is 2. The molecule has 2 heterocycles. The SMILES string of the molecule is COc1ccc(-c2cc(C(=O)N3CCCC[C@@H]3C)c3ccccc3n2)cc1. The van der Waals surface area contributed by atoms with E-state index >= 15 is 0 Å². The Balaban J connectivity index is 1.82. The molecule has 27 heavy (non-hydrogen) atoms. The molecule has 1 amide bonds. The Kier molecular flexibility index (Phi) is 4.80. The first-order valence-electron chi connectivity index (χ1n) is 9.52. The molecule has 3 aromatic rings. The van der Waals surface area contributed by atoms with Crippen LogP contribution >= 0.6 is 0 Å². The smallest absolute Gasteiger partial charge is 0.254 e. The molecule has 0 N–H and O–H groups in total. The number of amides is 1. The van der Waals surface area contributed by atoms with Gasteiger partial charge in [0.15, 0.2) is 0 Å². The zero-order chi connectivity index (χ0) is 18.8. The summed E-state index contributed by atoms with van der Waals surface area (Å²) in [6.07, 6.45) is 3.34. The predicted octanol–water partition coefficient (Wildman–Crippen LogP) is 4.93. The average Bonchev–Trinajstić information content (AvgIpc) is 2.73. The second-order valence-electron chi connectivity index (χ2n) is 7.14. The summed E-state index contributed by atoms with van der Waals surface area (Å²) in [5.41, 5.74) is 3.37. The number of fused-ring (bicyclic) bond motifs is 1. The zero-order valence-corrected chi connectivity index (χ0v) is 15.8. The maximum atomic E-state index is 13.4. The first-order chi connectivity index (χ1) is 13.2. The molecular weight excluding hydrogens is 336 g/mol. The van der Waals surface area contributed by atoms with Gasteiger partial charge >= 0.3 is 0 Å². The number of hydrogen-bond donors (Lipinski definition) is 0. The standard InChI is InChI=1S/C23H24N2O2/c1-16-7-5-6-14-25(16)23(26)20-15-22(17-10-12-18(27-2)13-11-17)24-21-9-4-3-8-19(20)21/h3-4,8-13,15-16H,5-7,14H2,1-2H3/t16-/m0/s1. The van der Waals surface area contributed by atoms with Gasteiger partial charge in [-0.15, -0.1) is 0 Å².